The molecular formula is C21H24N6O. The molecule has 2 heterocycles. The van der Waals surface area contributed by atoms with E-state index >= 15 is 0 Å². The molecule has 3 N–H and O–H groups in total. The fourth-order valence-electron chi connectivity index (χ4n) is 3.93. The monoisotopic (exact) mass is 376 g/mol. The van der Waals surface area contributed by atoms with Crippen LogP contribution in [0.3, 0.4) is 0 Å². The summed E-state index contributed by atoms with van der Waals surface area (Å²) >= 11 is 0. The molecule has 0 fully saturated rings. The van der Waals surface area contributed by atoms with Crippen LogP contribution in [0, 0.1) is 45.3 Å². The van der Waals surface area contributed by atoms with Crippen molar-refractivity contribution >= 4 is 0 Å². The topological polar surface area (TPSA) is 134 Å². The van der Waals surface area contributed by atoms with E-state index in [0.29, 0.717) is 6.54 Å². The van der Waals surface area contributed by atoms with Crippen LogP contribution in [0.5, 0.6) is 0 Å². The maximum Gasteiger partial charge on any atom is 0.191 e. The minimum Gasteiger partial charge on any atom is -0.399 e. The molecule has 1 aromatic rings. The number of hydrogen-bond donors (Lipinski definition) is 2. The van der Waals surface area contributed by atoms with Crippen LogP contribution in [0.2, 0.25) is 0 Å². The van der Waals surface area contributed by atoms with Crippen LogP contribution < -0.4 is 5.73 Å². The summed E-state index contributed by atoms with van der Waals surface area (Å²) in [6.07, 6.45) is 5.34. The van der Waals surface area contributed by atoms with Gasteiger partial charge in [0.15, 0.2) is 5.41 Å². The van der Waals surface area contributed by atoms with Crippen molar-refractivity contribution in [1.82, 2.24) is 9.88 Å². The molecule has 1 aliphatic heterocycles. The van der Waals surface area contributed by atoms with Gasteiger partial charge in [-0.05, 0) is 30.7 Å². The second-order valence-corrected chi connectivity index (χ2v) is 6.63. The number of pyridine rings is 1. The molecule has 0 radical (unpaired) electrons. The molecule has 0 bridgehead atoms. The Labute approximate surface area is 165 Å². The zero-order chi connectivity index (χ0) is 20.7. The lowest BCUT2D eigenvalue weighted by Gasteiger charge is -2.45. The fraction of sp³-hybridized carbons (Fsp3) is 0.429. The molecule has 0 saturated carbocycles. The van der Waals surface area contributed by atoms with Gasteiger partial charge in [0.1, 0.15) is 6.07 Å². The van der Waals surface area contributed by atoms with E-state index in [1.807, 2.05) is 12.1 Å². The summed E-state index contributed by atoms with van der Waals surface area (Å²) < 4.78 is 0. The molecule has 2 atom stereocenters. The van der Waals surface area contributed by atoms with E-state index < -0.39 is 11.3 Å². The molecule has 0 amide bonds. The first-order chi connectivity index (χ1) is 13.5. The number of nitrogens with two attached hydrogens (primary N) is 1. The van der Waals surface area contributed by atoms with Gasteiger partial charge in [-0.15, -0.1) is 0 Å². The van der Waals surface area contributed by atoms with Crippen molar-refractivity contribution in [3.8, 4) is 18.2 Å². The number of aromatic nitrogens is 1. The molecule has 144 valence electrons. The molecule has 28 heavy (non-hydrogen) atoms. The average molecular weight is 376 g/mol. The summed E-state index contributed by atoms with van der Waals surface area (Å²) in [6.45, 7) is 6.25. The standard InChI is InChI=1S/C19H18N6.C2H6O/c1-2-25-7-5-14-15(8-20)18(23)19(11-21,12-22)17(16(14)10-25)13-4-3-6-24-9-13;1-2-3/h3-6,9,16-17H,2,7,10,23H2,1H3;3H,2H2,1H3. The Morgan fingerprint density at radius 3 is 2.50 bits per heavy atom. The molecule has 7 heteroatoms. The molecule has 0 aromatic carbocycles. The zero-order valence-corrected chi connectivity index (χ0v) is 16.1. The van der Waals surface area contributed by atoms with Crippen LogP contribution in [-0.4, -0.2) is 41.2 Å². The highest BCUT2D eigenvalue weighted by atomic mass is 16.2. The van der Waals surface area contributed by atoms with E-state index in [1.54, 1.807) is 25.4 Å². The maximum absolute atomic E-state index is 9.92. The highest BCUT2D eigenvalue weighted by Crippen LogP contribution is 2.53. The van der Waals surface area contributed by atoms with E-state index in [4.69, 9.17) is 10.8 Å². The minimum absolute atomic E-state index is 0.0568. The Morgan fingerprint density at radius 1 is 1.32 bits per heavy atom. The Hall–Kier alpha value is -3.18. The van der Waals surface area contributed by atoms with Gasteiger partial charge in [0.05, 0.1) is 23.4 Å². The van der Waals surface area contributed by atoms with Gasteiger partial charge >= 0.3 is 0 Å². The first-order valence-electron chi connectivity index (χ1n) is 9.20. The van der Waals surface area contributed by atoms with Gasteiger partial charge in [-0.2, -0.15) is 15.8 Å². The Kier molecular flexibility index (Phi) is 6.90. The van der Waals surface area contributed by atoms with Gasteiger partial charge in [0, 0.05) is 43.9 Å². The lowest BCUT2D eigenvalue weighted by Crippen LogP contribution is -2.48. The molecule has 3 rings (SSSR count). The summed E-state index contributed by atoms with van der Waals surface area (Å²) in [6, 6.07) is 10.0. The SMILES string of the molecule is CCN1CC=C2C(C#N)=C(N)C(C#N)(C#N)C(c3cccnc3)C2C1.CCO. The molecule has 7 nitrogen and oxygen atoms in total. The van der Waals surface area contributed by atoms with Crippen LogP contribution >= 0.6 is 0 Å². The first kappa shape index (κ1) is 21.1. The van der Waals surface area contributed by atoms with Crippen LogP contribution in [0.4, 0.5) is 0 Å². The number of nitriles is 3. The number of aliphatic hydroxyl groups excluding tert-OH is 1. The number of rotatable bonds is 2. The third-order valence-corrected chi connectivity index (χ3v) is 5.23. The van der Waals surface area contributed by atoms with E-state index in [0.717, 1.165) is 24.2 Å². The average Bonchev–Trinajstić information content (AvgIpc) is 2.74. The Balaban J connectivity index is 0.000000878. The van der Waals surface area contributed by atoms with Crippen LogP contribution in [0.15, 0.2) is 47.4 Å². The second-order valence-electron chi connectivity index (χ2n) is 6.63. The molecule has 1 aliphatic carbocycles. The number of likely N-dealkylation sites (N-methyl/N-ethyl adjacent to an activating group) is 1. The number of fused-ring (bicyclic) bond motifs is 1. The Morgan fingerprint density at radius 2 is 2.00 bits per heavy atom. The van der Waals surface area contributed by atoms with Crippen molar-refractivity contribution in [3.63, 3.8) is 0 Å². The summed E-state index contributed by atoms with van der Waals surface area (Å²) in [5.41, 5.74) is 6.63. The summed E-state index contributed by atoms with van der Waals surface area (Å²) in [7, 11) is 0. The van der Waals surface area contributed by atoms with E-state index in [1.165, 1.54) is 0 Å². The highest BCUT2D eigenvalue weighted by Gasteiger charge is 2.54. The largest absolute Gasteiger partial charge is 0.399 e. The van der Waals surface area contributed by atoms with Crippen LogP contribution in [0.25, 0.3) is 0 Å². The molecule has 0 saturated heterocycles. The Bertz CT molecular complexity index is 870. The van der Waals surface area contributed by atoms with Gasteiger partial charge in [-0.25, -0.2) is 0 Å². The van der Waals surface area contributed by atoms with Crippen LogP contribution in [0.1, 0.15) is 25.3 Å². The van der Waals surface area contributed by atoms with E-state index in [2.05, 4.69) is 35.0 Å². The molecule has 0 spiro atoms. The maximum atomic E-state index is 9.92. The van der Waals surface area contributed by atoms with E-state index in [9.17, 15) is 15.8 Å². The second kappa shape index (κ2) is 9.15. The van der Waals surface area contributed by atoms with Gasteiger partial charge in [0.2, 0.25) is 0 Å². The minimum atomic E-state index is -1.58. The number of allylic oxidation sites excluding steroid dienone is 2. The first-order valence-corrected chi connectivity index (χ1v) is 9.20. The molecule has 1 aromatic heterocycles. The smallest absolute Gasteiger partial charge is 0.191 e. The van der Waals surface area contributed by atoms with Gasteiger partial charge in [0.25, 0.3) is 0 Å². The van der Waals surface area contributed by atoms with Crippen molar-refractivity contribution in [2.75, 3.05) is 26.2 Å². The normalized spacial score (nSPS) is 23.1. The number of aliphatic hydroxyl groups is 1. The summed E-state index contributed by atoms with van der Waals surface area (Å²) in [5.74, 6) is -0.618. The number of hydrogen-bond acceptors (Lipinski definition) is 7. The predicted octanol–water partition coefficient (Wildman–Crippen LogP) is 1.83. The lowest BCUT2D eigenvalue weighted by atomic mass is 9.58. The van der Waals surface area contributed by atoms with Crippen molar-refractivity contribution in [2.45, 2.75) is 19.8 Å². The van der Waals surface area contributed by atoms with Gasteiger partial charge < -0.3 is 10.8 Å². The zero-order valence-electron chi connectivity index (χ0n) is 16.1. The lowest BCUT2D eigenvalue weighted by molar-refractivity contribution is 0.214. The van der Waals surface area contributed by atoms with Gasteiger partial charge in [-0.3, -0.25) is 9.88 Å². The van der Waals surface area contributed by atoms with Crippen LogP contribution in [-0.2, 0) is 0 Å². The van der Waals surface area contributed by atoms with Crippen molar-refractivity contribution in [3.05, 3.63) is 53.0 Å². The van der Waals surface area contributed by atoms with Crippen molar-refractivity contribution in [2.24, 2.45) is 17.1 Å². The fourth-order valence-corrected chi connectivity index (χ4v) is 3.93. The third kappa shape index (κ3) is 3.49. The number of nitrogens with zero attached hydrogens (tertiary/aromatic N) is 5. The molecular weight excluding hydrogens is 352 g/mol. The quantitative estimate of drug-likeness (QED) is 0.804. The summed E-state index contributed by atoms with van der Waals surface area (Å²) in [5, 5.41) is 37.0. The molecule has 2 unspecified atom stereocenters. The summed E-state index contributed by atoms with van der Waals surface area (Å²) in [4.78, 5) is 6.39. The van der Waals surface area contributed by atoms with Gasteiger partial charge in [-0.1, -0.05) is 19.1 Å². The third-order valence-electron chi connectivity index (χ3n) is 5.23. The highest BCUT2D eigenvalue weighted by molar-refractivity contribution is 5.59. The van der Waals surface area contributed by atoms with Crippen molar-refractivity contribution < 1.29 is 5.11 Å². The van der Waals surface area contributed by atoms with Crippen molar-refractivity contribution in [1.29, 1.82) is 15.8 Å². The predicted molar refractivity (Wildman–Crippen MR) is 104 cm³/mol. The van der Waals surface area contributed by atoms with E-state index in [-0.39, 0.29) is 23.8 Å². The molecule has 2 aliphatic rings.